The van der Waals surface area contributed by atoms with Crippen LogP contribution in [0.15, 0.2) is 65.3 Å². The third-order valence-electron chi connectivity index (χ3n) is 6.92. The molecule has 0 atom stereocenters. The average molecular weight is 487 g/mol. The molecule has 8 nitrogen and oxygen atoms in total. The van der Waals surface area contributed by atoms with Crippen LogP contribution in [0.2, 0.25) is 0 Å². The molecule has 36 heavy (non-hydrogen) atoms. The molecule has 5 rings (SSSR count). The van der Waals surface area contributed by atoms with Gasteiger partial charge in [0.25, 0.3) is 17.7 Å². The first kappa shape index (κ1) is 24.0. The van der Waals surface area contributed by atoms with Gasteiger partial charge in [-0.15, -0.1) is 0 Å². The number of nitrogens with one attached hydrogen (secondary N) is 1. The van der Waals surface area contributed by atoms with Crippen molar-refractivity contribution in [1.82, 2.24) is 20.0 Å². The van der Waals surface area contributed by atoms with E-state index in [9.17, 15) is 14.4 Å². The summed E-state index contributed by atoms with van der Waals surface area (Å²) >= 11 is 0. The van der Waals surface area contributed by atoms with Crippen LogP contribution in [0.1, 0.15) is 54.9 Å². The SMILES string of the molecule is CCN1CCN(Cc2ccc(CNC(=O)c3ccc4c(c3)C(=O)N(Cc3ccco3)C4=O)cc2)CC1. The fourth-order valence-corrected chi connectivity index (χ4v) is 4.70. The highest BCUT2D eigenvalue weighted by molar-refractivity contribution is 6.22. The predicted octanol–water partition coefficient (Wildman–Crippen LogP) is 3.14. The first-order chi connectivity index (χ1) is 17.5. The Hall–Kier alpha value is -3.75. The van der Waals surface area contributed by atoms with E-state index in [-0.39, 0.29) is 23.9 Å². The number of piperazine rings is 1. The van der Waals surface area contributed by atoms with Crippen molar-refractivity contribution < 1.29 is 18.8 Å². The van der Waals surface area contributed by atoms with Crippen molar-refractivity contribution in [1.29, 1.82) is 0 Å². The molecule has 186 valence electrons. The van der Waals surface area contributed by atoms with E-state index in [2.05, 4.69) is 34.2 Å². The fourth-order valence-electron chi connectivity index (χ4n) is 4.70. The molecule has 0 aliphatic carbocycles. The number of fused-ring (bicyclic) bond motifs is 1. The lowest BCUT2D eigenvalue weighted by atomic mass is 10.1. The van der Waals surface area contributed by atoms with Gasteiger partial charge in [0, 0.05) is 44.8 Å². The molecular formula is C28H30N4O4. The normalized spacial score (nSPS) is 16.4. The highest BCUT2D eigenvalue weighted by atomic mass is 16.3. The Morgan fingerprint density at radius 2 is 1.56 bits per heavy atom. The minimum absolute atomic E-state index is 0.0613. The third-order valence-corrected chi connectivity index (χ3v) is 6.92. The maximum Gasteiger partial charge on any atom is 0.261 e. The Balaban J connectivity index is 1.16. The molecule has 3 heterocycles. The number of carbonyl (C=O) groups is 3. The number of imide groups is 1. The fraction of sp³-hybridized carbons (Fsp3) is 0.321. The minimum Gasteiger partial charge on any atom is -0.467 e. The predicted molar refractivity (Wildman–Crippen MR) is 134 cm³/mol. The van der Waals surface area contributed by atoms with Gasteiger partial charge in [0.1, 0.15) is 5.76 Å². The summed E-state index contributed by atoms with van der Waals surface area (Å²) in [6.07, 6.45) is 1.50. The lowest BCUT2D eigenvalue weighted by Gasteiger charge is -2.34. The molecule has 1 fully saturated rings. The van der Waals surface area contributed by atoms with Crippen molar-refractivity contribution in [2.45, 2.75) is 26.6 Å². The second-order valence-corrected chi connectivity index (χ2v) is 9.25. The van der Waals surface area contributed by atoms with E-state index in [4.69, 9.17) is 4.42 Å². The quantitative estimate of drug-likeness (QED) is 0.493. The lowest BCUT2D eigenvalue weighted by Crippen LogP contribution is -2.45. The van der Waals surface area contributed by atoms with E-state index in [0.717, 1.165) is 49.7 Å². The van der Waals surface area contributed by atoms with Crippen LogP contribution in [0.4, 0.5) is 0 Å². The molecule has 2 aliphatic rings. The second kappa shape index (κ2) is 10.5. The standard InChI is InChI=1S/C28H30N4O4/c1-2-30-11-13-31(14-12-30)18-21-7-5-20(6-8-21)17-29-26(33)22-9-10-24-25(16-22)28(35)32(27(24)34)19-23-4-3-15-36-23/h3-10,15-16H,2,11-14,17-19H2,1H3,(H,29,33). The van der Waals surface area contributed by atoms with E-state index in [1.54, 1.807) is 24.3 Å². The topological polar surface area (TPSA) is 86.1 Å². The van der Waals surface area contributed by atoms with Crippen LogP contribution in [0.3, 0.4) is 0 Å². The van der Waals surface area contributed by atoms with Gasteiger partial charge in [-0.2, -0.15) is 0 Å². The number of rotatable bonds is 8. The Bertz CT molecular complexity index is 1250. The second-order valence-electron chi connectivity index (χ2n) is 9.25. The summed E-state index contributed by atoms with van der Waals surface area (Å²) < 4.78 is 5.27. The van der Waals surface area contributed by atoms with Gasteiger partial charge >= 0.3 is 0 Å². The Labute approximate surface area is 210 Å². The number of benzene rings is 2. The summed E-state index contributed by atoms with van der Waals surface area (Å²) in [6.45, 7) is 9.09. The van der Waals surface area contributed by atoms with Gasteiger partial charge in [-0.3, -0.25) is 24.2 Å². The largest absolute Gasteiger partial charge is 0.467 e. The zero-order valence-electron chi connectivity index (χ0n) is 20.4. The van der Waals surface area contributed by atoms with Crippen LogP contribution in [-0.2, 0) is 19.6 Å². The van der Waals surface area contributed by atoms with Crippen LogP contribution < -0.4 is 5.32 Å². The number of likely N-dealkylation sites (N-methyl/N-ethyl adjacent to an activating group) is 1. The van der Waals surface area contributed by atoms with Gasteiger partial charge in [0.2, 0.25) is 0 Å². The van der Waals surface area contributed by atoms with Crippen LogP contribution in [0, 0.1) is 0 Å². The monoisotopic (exact) mass is 486 g/mol. The van der Waals surface area contributed by atoms with Crippen molar-refractivity contribution in [2.24, 2.45) is 0 Å². The molecular weight excluding hydrogens is 456 g/mol. The molecule has 0 spiro atoms. The third kappa shape index (κ3) is 5.10. The van der Waals surface area contributed by atoms with Gasteiger partial charge in [-0.1, -0.05) is 31.2 Å². The van der Waals surface area contributed by atoms with Gasteiger partial charge in [0.15, 0.2) is 0 Å². The minimum atomic E-state index is -0.423. The molecule has 0 radical (unpaired) electrons. The molecule has 0 saturated carbocycles. The average Bonchev–Trinajstić information content (AvgIpc) is 3.51. The molecule has 2 aromatic carbocycles. The smallest absolute Gasteiger partial charge is 0.261 e. The lowest BCUT2D eigenvalue weighted by molar-refractivity contribution is 0.0631. The number of hydrogen-bond donors (Lipinski definition) is 1. The number of nitrogens with zero attached hydrogens (tertiary/aromatic N) is 3. The van der Waals surface area contributed by atoms with E-state index >= 15 is 0 Å². The Morgan fingerprint density at radius 1 is 0.861 bits per heavy atom. The van der Waals surface area contributed by atoms with Crippen molar-refractivity contribution in [3.05, 3.63) is 94.4 Å². The zero-order chi connectivity index (χ0) is 25.1. The highest BCUT2D eigenvalue weighted by Gasteiger charge is 2.36. The van der Waals surface area contributed by atoms with Gasteiger partial charge < -0.3 is 14.6 Å². The number of carbonyl (C=O) groups excluding carboxylic acids is 3. The van der Waals surface area contributed by atoms with Crippen LogP contribution in [0.5, 0.6) is 0 Å². The van der Waals surface area contributed by atoms with Crippen LogP contribution in [0.25, 0.3) is 0 Å². The summed E-state index contributed by atoms with van der Waals surface area (Å²) in [5.41, 5.74) is 3.14. The number of hydrogen-bond acceptors (Lipinski definition) is 6. The molecule has 2 aliphatic heterocycles. The molecule has 3 aromatic rings. The zero-order valence-corrected chi connectivity index (χ0v) is 20.4. The molecule has 3 amide bonds. The van der Waals surface area contributed by atoms with Crippen LogP contribution >= 0.6 is 0 Å². The van der Waals surface area contributed by atoms with E-state index < -0.39 is 5.91 Å². The maximum atomic E-state index is 12.8. The molecule has 1 aromatic heterocycles. The van der Waals surface area contributed by atoms with Crippen molar-refractivity contribution in [3.8, 4) is 0 Å². The summed E-state index contributed by atoms with van der Waals surface area (Å²) in [5.74, 6) is -0.577. The summed E-state index contributed by atoms with van der Waals surface area (Å²) in [7, 11) is 0. The van der Waals surface area contributed by atoms with E-state index in [1.807, 2.05) is 12.1 Å². The Morgan fingerprint density at radius 3 is 2.25 bits per heavy atom. The number of furan rings is 1. The van der Waals surface area contributed by atoms with Crippen LogP contribution in [-0.4, -0.2) is 65.1 Å². The summed E-state index contributed by atoms with van der Waals surface area (Å²) in [5, 5.41) is 2.91. The van der Waals surface area contributed by atoms with E-state index in [0.29, 0.717) is 23.4 Å². The maximum absolute atomic E-state index is 12.8. The first-order valence-corrected chi connectivity index (χ1v) is 12.3. The molecule has 8 heteroatoms. The molecule has 1 N–H and O–H groups in total. The summed E-state index contributed by atoms with van der Waals surface area (Å²) in [6, 6.07) is 16.3. The van der Waals surface area contributed by atoms with Crippen molar-refractivity contribution >= 4 is 17.7 Å². The molecule has 0 unspecified atom stereocenters. The van der Waals surface area contributed by atoms with Gasteiger partial charge in [-0.05, 0) is 48.0 Å². The van der Waals surface area contributed by atoms with Gasteiger partial charge in [-0.25, -0.2) is 0 Å². The number of amides is 3. The first-order valence-electron chi connectivity index (χ1n) is 12.3. The van der Waals surface area contributed by atoms with E-state index in [1.165, 1.54) is 17.9 Å². The molecule has 1 saturated heterocycles. The highest BCUT2D eigenvalue weighted by Crippen LogP contribution is 2.26. The Kier molecular flexibility index (Phi) is 6.97. The van der Waals surface area contributed by atoms with Gasteiger partial charge in [0.05, 0.1) is 23.9 Å². The summed E-state index contributed by atoms with van der Waals surface area (Å²) in [4.78, 5) is 44.3. The van der Waals surface area contributed by atoms with Crippen molar-refractivity contribution in [2.75, 3.05) is 32.7 Å². The molecule has 0 bridgehead atoms. The van der Waals surface area contributed by atoms with Crippen molar-refractivity contribution in [3.63, 3.8) is 0 Å².